The largest absolute Gasteiger partial charge is 0.419 e. The van der Waals surface area contributed by atoms with Crippen molar-refractivity contribution in [2.24, 2.45) is 5.73 Å². The number of rotatable bonds is 5. The first kappa shape index (κ1) is 14.9. The quantitative estimate of drug-likeness (QED) is 0.655. The summed E-state index contributed by atoms with van der Waals surface area (Å²) >= 11 is 0. The van der Waals surface area contributed by atoms with Crippen LogP contribution in [0.1, 0.15) is 30.0 Å². The van der Waals surface area contributed by atoms with Crippen LogP contribution in [0.5, 0.6) is 0 Å². The zero-order valence-corrected chi connectivity index (χ0v) is 9.93. The lowest BCUT2D eigenvalue weighted by atomic mass is 9.99. The van der Waals surface area contributed by atoms with Gasteiger partial charge in [0.1, 0.15) is 5.82 Å². The SMILES string of the molecule is COCCCC(N)c1cccc(C(F)(F)F)c1F. The number of hydrogen-bond acceptors (Lipinski definition) is 2. The maximum absolute atomic E-state index is 13.7. The Balaban J connectivity index is 2.90. The number of alkyl halides is 3. The highest BCUT2D eigenvalue weighted by Crippen LogP contribution is 2.34. The highest BCUT2D eigenvalue weighted by molar-refractivity contribution is 5.30. The van der Waals surface area contributed by atoms with Crippen LogP contribution in [0.4, 0.5) is 17.6 Å². The molecule has 0 aromatic heterocycles. The van der Waals surface area contributed by atoms with Gasteiger partial charge in [0.2, 0.25) is 0 Å². The smallest absolute Gasteiger partial charge is 0.385 e. The molecule has 2 nitrogen and oxygen atoms in total. The Morgan fingerprint density at radius 3 is 2.56 bits per heavy atom. The molecule has 0 aliphatic rings. The first-order chi connectivity index (χ1) is 8.38. The van der Waals surface area contributed by atoms with Crippen LogP contribution in [0, 0.1) is 5.82 Å². The van der Waals surface area contributed by atoms with E-state index in [1.165, 1.54) is 13.2 Å². The molecule has 18 heavy (non-hydrogen) atoms. The van der Waals surface area contributed by atoms with Crippen LogP contribution in [-0.4, -0.2) is 13.7 Å². The van der Waals surface area contributed by atoms with E-state index in [1.54, 1.807) is 0 Å². The standard InChI is InChI=1S/C12H15F4NO/c1-18-7-3-6-10(17)8-4-2-5-9(11(8)13)12(14,15)16/h2,4-5,10H,3,6-7,17H2,1H3. The van der Waals surface area contributed by atoms with Crippen molar-refractivity contribution < 1.29 is 22.3 Å². The Morgan fingerprint density at radius 1 is 1.33 bits per heavy atom. The maximum atomic E-state index is 13.7. The number of nitrogens with two attached hydrogens (primary N) is 1. The van der Waals surface area contributed by atoms with E-state index >= 15 is 0 Å². The van der Waals surface area contributed by atoms with Gasteiger partial charge in [0.25, 0.3) is 0 Å². The zero-order chi connectivity index (χ0) is 13.8. The van der Waals surface area contributed by atoms with Crippen molar-refractivity contribution in [1.29, 1.82) is 0 Å². The molecule has 0 saturated heterocycles. The van der Waals surface area contributed by atoms with Crippen LogP contribution < -0.4 is 5.73 Å². The number of ether oxygens (including phenoxy) is 1. The molecule has 0 saturated carbocycles. The summed E-state index contributed by atoms with van der Waals surface area (Å²) in [5.41, 5.74) is 4.30. The van der Waals surface area contributed by atoms with E-state index in [0.29, 0.717) is 25.5 Å². The summed E-state index contributed by atoms with van der Waals surface area (Å²) in [5, 5.41) is 0. The molecule has 2 N–H and O–H groups in total. The average molecular weight is 265 g/mol. The highest BCUT2D eigenvalue weighted by atomic mass is 19.4. The van der Waals surface area contributed by atoms with Crippen LogP contribution in [0.25, 0.3) is 0 Å². The van der Waals surface area contributed by atoms with Gasteiger partial charge in [0.15, 0.2) is 0 Å². The second-order valence-electron chi connectivity index (χ2n) is 3.95. The monoisotopic (exact) mass is 265 g/mol. The predicted octanol–water partition coefficient (Wildman–Crippen LogP) is 3.27. The molecule has 102 valence electrons. The molecule has 0 radical (unpaired) electrons. The first-order valence-corrected chi connectivity index (χ1v) is 5.48. The van der Waals surface area contributed by atoms with Gasteiger partial charge in [-0.3, -0.25) is 0 Å². The van der Waals surface area contributed by atoms with Crippen molar-refractivity contribution >= 4 is 0 Å². The summed E-state index contributed by atoms with van der Waals surface area (Å²) in [4.78, 5) is 0. The van der Waals surface area contributed by atoms with Gasteiger partial charge < -0.3 is 10.5 Å². The molecule has 1 rings (SSSR count). The van der Waals surface area contributed by atoms with Crippen molar-refractivity contribution in [1.82, 2.24) is 0 Å². The van der Waals surface area contributed by atoms with E-state index in [2.05, 4.69) is 0 Å². The second-order valence-corrected chi connectivity index (χ2v) is 3.95. The van der Waals surface area contributed by atoms with E-state index < -0.39 is 23.6 Å². The number of hydrogen-bond donors (Lipinski definition) is 1. The lowest BCUT2D eigenvalue weighted by molar-refractivity contribution is -0.140. The number of benzene rings is 1. The van der Waals surface area contributed by atoms with Crippen LogP contribution >= 0.6 is 0 Å². The van der Waals surface area contributed by atoms with E-state index in [9.17, 15) is 17.6 Å². The molecule has 0 amide bonds. The van der Waals surface area contributed by atoms with Gasteiger partial charge in [-0.25, -0.2) is 4.39 Å². The molecular weight excluding hydrogens is 250 g/mol. The molecule has 0 aliphatic heterocycles. The van der Waals surface area contributed by atoms with Gasteiger partial charge in [-0.05, 0) is 18.9 Å². The van der Waals surface area contributed by atoms with Crippen molar-refractivity contribution in [2.75, 3.05) is 13.7 Å². The van der Waals surface area contributed by atoms with E-state index in [4.69, 9.17) is 10.5 Å². The highest BCUT2D eigenvalue weighted by Gasteiger charge is 2.35. The van der Waals surface area contributed by atoms with Gasteiger partial charge in [-0.2, -0.15) is 13.2 Å². The van der Waals surface area contributed by atoms with Crippen molar-refractivity contribution in [2.45, 2.75) is 25.1 Å². The van der Waals surface area contributed by atoms with Crippen molar-refractivity contribution in [3.05, 3.63) is 35.1 Å². The average Bonchev–Trinajstić information content (AvgIpc) is 2.28. The third-order valence-electron chi connectivity index (χ3n) is 2.60. The predicted molar refractivity (Wildman–Crippen MR) is 59.4 cm³/mol. The Morgan fingerprint density at radius 2 is 2.00 bits per heavy atom. The molecule has 1 unspecified atom stereocenters. The first-order valence-electron chi connectivity index (χ1n) is 5.48. The van der Waals surface area contributed by atoms with Crippen molar-refractivity contribution in [3.63, 3.8) is 0 Å². The lowest BCUT2D eigenvalue weighted by Crippen LogP contribution is -2.16. The third-order valence-corrected chi connectivity index (χ3v) is 2.60. The minimum Gasteiger partial charge on any atom is -0.385 e. The Bertz CT molecular complexity index is 392. The van der Waals surface area contributed by atoms with Crippen molar-refractivity contribution in [3.8, 4) is 0 Å². The number of halogens is 4. The molecule has 1 aromatic carbocycles. The van der Waals surface area contributed by atoms with E-state index in [1.807, 2.05) is 0 Å². The maximum Gasteiger partial charge on any atom is 0.419 e. The topological polar surface area (TPSA) is 35.2 Å². The zero-order valence-electron chi connectivity index (χ0n) is 9.93. The van der Waals surface area contributed by atoms with Crippen LogP contribution in [0.15, 0.2) is 18.2 Å². The van der Waals surface area contributed by atoms with Gasteiger partial charge in [-0.15, -0.1) is 0 Å². The Labute approximate surface area is 103 Å². The Hall–Kier alpha value is -1.14. The minimum absolute atomic E-state index is 0.110. The molecule has 0 bridgehead atoms. The minimum atomic E-state index is -4.70. The summed E-state index contributed by atoms with van der Waals surface area (Å²) in [6, 6.07) is 2.39. The van der Waals surface area contributed by atoms with Gasteiger partial charge in [-0.1, -0.05) is 12.1 Å². The number of methoxy groups -OCH3 is 1. The van der Waals surface area contributed by atoms with E-state index in [-0.39, 0.29) is 5.56 Å². The fourth-order valence-corrected chi connectivity index (χ4v) is 1.66. The molecule has 6 heteroatoms. The molecule has 1 aromatic rings. The summed E-state index contributed by atoms with van der Waals surface area (Å²) in [6.07, 6.45) is -3.77. The van der Waals surface area contributed by atoms with Crippen LogP contribution in [0.2, 0.25) is 0 Å². The van der Waals surface area contributed by atoms with Gasteiger partial charge in [0, 0.05) is 25.3 Å². The van der Waals surface area contributed by atoms with Crippen LogP contribution in [0.3, 0.4) is 0 Å². The third kappa shape index (κ3) is 3.68. The second kappa shape index (κ2) is 6.15. The van der Waals surface area contributed by atoms with Gasteiger partial charge >= 0.3 is 6.18 Å². The summed E-state index contributed by atoms with van der Waals surface area (Å²) < 4.78 is 56.0. The van der Waals surface area contributed by atoms with E-state index in [0.717, 1.165) is 6.07 Å². The van der Waals surface area contributed by atoms with Gasteiger partial charge in [0.05, 0.1) is 5.56 Å². The molecule has 1 atom stereocenters. The normalized spacial score (nSPS) is 13.7. The lowest BCUT2D eigenvalue weighted by Gasteiger charge is -2.16. The molecule has 0 aliphatic carbocycles. The molecule has 0 heterocycles. The molecule has 0 spiro atoms. The fourth-order valence-electron chi connectivity index (χ4n) is 1.66. The summed E-state index contributed by atoms with van der Waals surface area (Å²) in [7, 11) is 1.51. The fraction of sp³-hybridized carbons (Fsp3) is 0.500. The summed E-state index contributed by atoms with van der Waals surface area (Å²) in [5.74, 6) is -1.28. The molecular formula is C12H15F4NO. The summed E-state index contributed by atoms with van der Waals surface area (Å²) in [6.45, 7) is 0.439. The van der Waals surface area contributed by atoms with Crippen LogP contribution in [-0.2, 0) is 10.9 Å². The molecule has 0 fully saturated rings. The Kier molecular flexibility index (Phi) is 5.10.